The molecule has 14 heteroatoms. The maximum absolute atomic E-state index is 13.7. The Labute approximate surface area is 477 Å². The van der Waals surface area contributed by atoms with Crippen LogP contribution in [-0.2, 0) is 36.6 Å². The van der Waals surface area contributed by atoms with Crippen molar-refractivity contribution in [1.29, 1.82) is 0 Å². The van der Waals surface area contributed by atoms with Gasteiger partial charge in [-0.2, -0.15) is 0 Å². The second-order valence-corrected chi connectivity index (χ2v) is 19.4. The molecule has 3 aliphatic heterocycles. The third kappa shape index (κ3) is 19.8. The number of anilines is 1. The molecular formula is C67H59N7O7-2. The first-order valence-electron chi connectivity index (χ1n) is 26.0. The number of carbonyl (C=O) groups excluding carboxylic acids is 4. The van der Waals surface area contributed by atoms with Crippen molar-refractivity contribution in [3.05, 3.63) is 95.2 Å². The summed E-state index contributed by atoms with van der Waals surface area (Å²) in [7, 11) is 0. The predicted molar refractivity (Wildman–Crippen MR) is 307 cm³/mol. The molecule has 1 fully saturated rings. The molecule has 0 radical (unpaired) electrons. The first-order chi connectivity index (χ1) is 39.0. The van der Waals surface area contributed by atoms with Crippen molar-refractivity contribution in [3.8, 4) is 131 Å². The van der Waals surface area contributed by atoms with E-state index in [1.165, 1.54) is 16.9 Å². The second-order valence-electron chi connectivity index (χ2n) is 19.4. The number of carboxylic acid groups (broad SMARTS) is 3. The van der Waals surface area contributed by atoms with Crippen LogP contribution in [0.3, 0.4) is 0 Å². The van der Waals surface area contributed by atoms with Crippen molar-refractivity contribution in [2.45, 2.75) is 58.4 Å². The van der Waals surface area contributed by atoms with E-state index in [4.69, 9.17) is 6.42 Å². The number of aliphatic carboxylic acids is 3. The summed E-state index contributed by atoms with van der Waals surface area (Å²) >= 11 is 0. The first-order valence-corrected chi connectivity index (χ1v) is 26.0. The Morgan fingerprint density at radius 1 is 0.580 bits per heavy atom. The average molecular weight is 1070 g/mol. The van der Waals surface area contributed by atoms with Crippen LogP contribution < -0.4 is 25.5 Å². The summed E-state index contributed by atoms with van der Waals surface area (Å²) in [6, 6.07) is 17.7. The molecular weight excluding hydrogens is 1010 g/mol. The van der Waals surface area contributed by atoms with Crippen LogP contribution in [-0.4, -0.2) is 139 Å². The fraction of sp³-hybridized carbons (Fsp3) is 0.328. The number of fused-ring (bicyclic) bond motifs is 2. The van der Waals surface area contributed by atoms with Crippen LogP contribution >= 0.6 is 0 Å². The van der Waals surface area contributed by atoms with Gasteiger partial charge in [-0.1, -0.05) is 63.3 Å². The fourth-order valence-electron chi connectivity index (χ4n) is 9.17. The van der Waals surface area contributed by atoms with E-state index in [-0.39, 0.29) is 76.8 Å². The second kappa shape index (κ2) is 32.0. The highest BCUT2D eigenvalue weighted by Crippen LogP contribution is 2.47. The van der Waals surface area contributed by atoms with E-state index in [2.05, 4.69) is 206 Å². The molecule has 406 valence electrons. The van der Waals surface area contributed by atoms with E-state index >= 15 is 0 Å². The van der Waals surface area contributed by atoms with Gasteiger partial charge in [0.1, 0.15) is 0 Å². The molecule has 3 aliphatic rings. The lowest BCUT2D eigenvalue weighted by atomic mass is 9.81. The average Bonchev–Trinajstić information content (AvgIpc) is 4.03. The van der Waals surface area contributed by atoms with Gasteiger partial charge < -0.3 is 39.9 Å². The normalized spacial score (nSPS) is 15.9. The lowest BCUT2D eigenvalue weighted by Crippen LogP contribution is -2.52. The molecule has 2 aromatic rings. The Bertz CT molecular complexity index is 3570. The minimum Gasteiger partial charge on any atom is -0.549 e. The summed E-state index contributed by atoms with van der Waals surface area (Å²) in [6.45, 7) is 12.5. The number of allylic oxidation sites excluding steroid dienone is 6. The van der Waals surface area contributed by atoms with Crippen LogP contribution in [0.5, 0.6) is 0 Å². The molecule has 5 rings (SSSR count). The Hall–Kier alpha value is -9.99. The molecule has 0 aliphatic carbocycles. The molecule has 0 aromatic heterocycles. The number of hydrogen-bond donors (Lipinski definition) is 1. The zero-order chi connectivity index (χ0) is 58.5. The minimum atomic E-state index is -1.31. The highest BCUT2D eigenvalue weighted by atomic mass is 16.4. The van der Waals surface area contributed by atoms with E-state index in [0.717, 1.165) is 35.5 Å². The zero-order valence-corrected chi connectivity index (χ0v) is 46.2. The SMILES string of the molecule is C#CC#CC#CC#CC#CC#CC#CC#CC#CC#CC#C[N+]1=C(/C=C/C=C/C=C2/N(CCC)c3ccccc3C2(C)C)C(C)(C)c2cc(CNC(=O)CN3CCN(CC(=O)[O-])CCN(CC(=O)[O-])CCN(CC(=O)[O-])CC3)ccc21. The third-order valence-electron chi connectivity index (χ3n) is 13.0. The van der Waals surface area contributed by atoms with Crippen LogP contribution in [0.4, 0.5) is 11.4 Å². The van der Waals surface area contributed by atoms with E-state index in [1.807, 2.05) is 45.9 Å². The van der Waals surface area contributed by atoms with E-state index in [0.29, 0.717) is 0 Å². The molecule has 0 unspecified atom stereocenters. The molecule has 1 N–H and O–H groups in total. The molecule has 2 aromatic carbocycles. The Balaban J connectivity index is 1.35. The van der Waals surface area contributed by atoms with Crippen molar-refractivity contribution in [2.75, 3.05) is 90.0 Å². The molecule has 0 bridgehead atoms. The number of para-hydroxylation sites is 1. The van der Waals surface area contributed by atoms with Crippen molar-refractivity contribution < 1.29 is 39.1 Å². The van der Waals surface area contributed by atoms with Gasteiger partial charge >= 0.3 is 0 Å². The van der Waals surface area contributed by atoms with Crippen molar-refractivity contribution in [2.24, 2.45) is 0 Å². The number of carboxylic acids is 3. The summed E-state index contributed by atoms with van der Waals surface area (Å²) in [6.07, 6.45) is 16.3. The largest absolute Gasteiger partial charge is 0.549 e. The quantitative estimate of drug-likeness (QED) is 0.144. The van der Waals surface area contributed by atoms with Gasteiger partial charge in [-0.05, 0) is 97.0 Å². The number of nitrogens with zero attached hydrogens (tertiary/aromatic N) is 6. The maximum atomic E-state index is 13.7. The van der Waals surface area contributed by atoms with Crippen LogP contribution in [0.25, 0.3) is 0 Å². The standard InChI is InChI=1S/C67H61N7O7/c1-7-9-10-11-12-13-14-15-16-17-18-19-20-21-22-23-24-25-26-32-40-74-59-38-37-55(49-57(59)67(5,6)61(74)36-29-27-28-35-60-66(3,4)56-33-30-31-34-58(56)73(60)39-8-2)50-68-62(75)51-69-41-43-70(52-63(76)77)45-47-72(54-65(80)81)48-46-71(44-42-69)53-64(78)79/h1,27-31,33-38,49H,8,39,41-48,50-54H2,2-6H3,(H3-,68,75,76,77,78,79,80,81)/p-2. The van der Waals surface area contributed by atoms with Gasteiger partial charge in [-0.15, -0.1) is 11.0 Å². The molecule has 0 atom stereocenters. The summed E-state index contributed by atoms with van der Waals surface area (Å²) in [5, 5.41) is 37.8. The van der Waals surface area contributed by atoms with Crippen molar-refractivity contribution in [1.82, 2.24) is 24.9 Å². The van der Waals surface area contributed by atoms with Gasteiger partial charge in [0.05, 0.1) is 35.8 Å². The predicted octanol–water partition coefficient (Wildman–Crippen LogP) is -0.0209. The number of terminal acetylenes is 1. The smallest absolute Gasteiger partial charge is 0.243 e. The molecule has 0 spiro atoms. The van der Waals surface area contributed by atoms with Crippen molar-refractivity contribution in [3.63, 3.8) is 0 Å². The highest BCUT2D eigenvalue weighted by Gasteiger charge is 2.45. The number of benzene rings is 2. The Kier molecular flexibility index (Phi) is 24.5. The van der Waals surface area contributed by atoms with Crippen LogP contribution in [0.15, 0.2) is 78.5 Å². The maximum Gasteiger partial charge on any atom is 0.243 e. The zero-order valence-electron chi connectivity index (χ0n) is 46.2. The monoisotopic (exact) mass is 1070 g/mol. The third-order valence-corrected chi connectivity index (χ3v) is 13.0. The van der Waals surface area contributed by atoms with Crippen LogP contribution in [0.2, 0.25) is 0 Å². The van der Waals surface area contributed by atoms with Crippen LogP contribution in [0, 0.1) is 131 Å². The summed E-state index contributed by atoms with van der Waals surface area (Å²) < 4.78 is 1.91. The lowest BCUT2D eigenvalue weighted by Gasteiger charge is -2.34. The van der Waals surface area contributed by atoms with Gasteiger partial charge in [0.15, 0.2) is 0 Å². The summed E-state index contributed by atoms with van der Waals surface area (Å²) in [4.78, 5) is 57.5. The topological polar surface area (TPSA) is 169 Å². The van der Waals surface area contributed by atoms with Gasteiger partial charge in [0, 0.05) is 185 Å². The van der Waals surface area contributed by atoms with Crippen molar-refractivity contribution >= 4 is 40.9 Å². The number of nitrogens with one attached hydrogen (secondary N) is 1. The minimum absolute atomic E-state index is 0.0538. The van der Waals surface area contributed by atoms with E-state index in [1.54, 1.807) is 14.7 Å². The molecule has 81 heavy (non-hydrogen) atoms. The molecule has 1 saturated heterocycles. The highest BCUT2D eigenvalue weighted by molar-refractivity contribution is 6.03. The van der Waals surface area contributed by atoms with E-state index < -0.39 is 43.0 Å². The van der Waals surface area contributed by atoms with Gasteiger partial charge in [0.2, 0.25) is 23.4 Å². The van der Waals surface area contributed by atoms with Crippen LogP contribution in [0.1, 0.15) is 57.7 Å². The summed E-state index contributed by atoms with van der Waals surface area (Å²) in [5.74, 6) is 46.9. The molecule has 0 saturated carbocycles. The lowest BCUT2D eigenvalue weighted by molar-refractivity contribution is -0.332. The number of carbonyl (C=O) groups is 4. The fourth-order valence-corrected chi connectivity index (χ4v) is 9.17. The van der Waals surface area contributed by atoms with Gasteiger partial charge in [-0.3, -0.25) is 24.4 Å². The van der Waals surface area contributed by atoms with Gasteiger partial charge in [-0.25, -0.2) is 0 Å². The molecule has 14 nitrogen and oxygen atoms in total. The van der Waals surface area contributed by atoms with E-state index in [9.17, 15) is 34.5 Å². The number of hydrogen-bond acceptors (Lipinski definition) is 12. The molecule has 1 amide bonds. The first kappa shape index (κ1) is 61.9. The number of rotatable bonds is 15. The Morgan fingerprint density at radius 2 is 1.04 bits per heavy atom. The van der Waals surface area contributed by atoms with Gasteiger partial charge in [0.25, 0.3) is 0 Å². The Morgan fingerprint density at radius 3 is 1.51 bits per heavy atom. The number of amides is 1. The summed E-state index contributed by atoms with van der Waals surface area (Å²) in [5.41, 5.74) is 6.56. The molecule has 3 heterocycles.